The molecule has 28 heavy (non-hydrogen) atoms. The van der Waals surface area contributed by atoms with E-state index in [1.165, 1.54) is 11.3 Å². The van der Waals surface area contributed by atoms with Gasteiger partial charge < -0.3 is 4.74 Å². The molecule has 2 aromatic carbocycles. The van der Waals surface area contributed by atoms with Crippen molar-refractivity contribution in [3.8, 4) is 16.8 Å². The smallest absolute Gasteiger partial charge is 0.349 e. The molecule has 0 aliphatic heterocycles. The van der Waals surface area contributed by atoms with Crippen LogP contribution in [0.4, 0.5) is 0 Å². The van der Waals surface area contributed by atoms with Crippen LogP contribution >= 0.6 is 11.3 Å². The summed E-state index contributed by atoms with van der Waals surface area (Å²) in [6.07, 6.45) is 0. The van der Waals surface area contributed by atoms with E-state index in [0.29, 0.717) is 11.5 Å². The van der Waals surface area contributed by atoms with Gasteiger partial charge in [-0.05, 0) is 43.2 Å². The Labute approximate surface area is 166 Å². The number of pyridine rings is 1. The number of aromatic nitrogens is 1. The van der Waals surface area contributed by atoms with Crippen molar-refractivity contribution in [2.24, 2.45) is 0 Å². The van der Waals surface area contributed by atoms with Gasteiger partial charge in [0, 0.05) is 17.0 Å². The van der Waals surface area contributed by atoms with E-state index < -0.39 is 0 Å². The molecular weight excluding hydrogens is 370 g/mol. The Morgan fingerprint density at radius 3 is 2.54 bits per heavy atom. The predicted octanol–water partition coefficient (Wildman–Crippen LogP) is 5.20. The Balaban J connectivity index is 2.08. The standard InChI is InChI=1S/C23H19NO3S/c1-3-27-23(26)21-20(16-9-5-4-6-10-16)18-12-13-19(25)24(22(18)28-21)17-11-7-8-15(2)14-17/h4-14H,3H2,1-2H3. The maximum absolute atomic E-state index is 12.8. The van der Waals surface area contributed by atoms with Gasteiger partial charge in [-0.2, -0.15) is 0 Å². The highest BCUT2D eigenvalue weighted by molar-refractivity contribution is 7.21. The minimum absolute atomic E-state index is 0.130. The molecule has 2 heterocycles. The molecule has 0 atom stereocenters. The lowest BCUT2D eigenvalue weighted by Crippen LogP contribution is -2.16. The SMILES string of the molecule is CCOC(=O)c1sc2c(ccc(=O)n2-c2cccc(C)c2)c1-c1ccccc1. The van der Waals surface area contributed by atoms with Crippen LogP contribution in [-0.4, -0.2) is 17.1 Å². The van der Waals surface area contributed by atoms with Crippen molar-refractivity contribution in [3.05, 3.63) is 87.5 Å². The van der Waals surface area contributed by atoms with Crippen LogP contribution in [0.5, 0.6) is 0 Å². The number of thiophene rings is 1. The second-order valence-corrected chi connectivity index (χ2v) is 7.46. The van der Waals surface area contributed by atoms with Crippen LogP contribution in [0.25, 0.3) is 27.0 Å². The molecule has 0 unspecified atom stereocenters. The summed E-state index contributed by atoms with van der Waals surface area (Å²) in [5.74, 6) is -0.370. The Kier molecular flexibility index (Phi) is 4.84. The molecule has 0 fully saturated rings. The summed E-state index contributed by atoms with van der Waals surface area (Å²) in [6.45, 7) is 4.07. The van der Waals surface area contributed by atoms with Gasteiger partial charge in [0.05, 0.1) is 12.3 Å². The molecule has 0 saturated heterocycles. The molecule has 0 radical (unpaired) electrons. The number of rotatable bonds is 4. The molecule has 0 aliphatic carbocycles. The lowest BCUT2D eigenvalue weighted by atomic mass is 10.0. The molecule has 0 amide bonds. The van der Waals surface area contributed by atoms with E-state index >= 15 is 0 Å². The number of fused-ring (bicyclic) bond motifs is 1. The number of hydrogen-bond donors (Lipinski definition) is 0. The van der Waals surface area contributed by atoms with E-state index in [1.807, 2.05) is 61.5 Å². The van der Waals surface area contributed by atoms with Crippen LogP contribution < -0.4 is 5.56 Å². The van der Waals surface area contributed by atoms with Crippen LogP contribution in [0.2, 0.25) is 0 Å². The normalized spacial score (nSPS) is 10.9. The average molecular weight is 389 g/mol. The highest BCUT2D eigenvalue weighted by Crippen LogP contribution is 2.39. The molecule has 0 aliphatic rings. The molecule has 4 nitrogen and oxygen atoms in total. The van der Waals surface area contributed by atoms with E-state index in [-0.39, 0.29) is 11.5 Å². The van der Waals surface area contributed by atoms with Crippen molar-refractivity contribution in [3.63, 3.8) is 0 Å². The number of carbonyl (C=O) groups is 1. The number of aryl methyl sites for hydroxylation is 1. The molecule has 4 aromatic rings. The quantitative estimate of drug-likeness (QED) is 0.451. The monoisotopic (exact) mass is 389 g/mol. The fraction of sp³-hybridized carbons (Fsp3) is 0.130. The van der Waals surface area contributed by atoms with E-state index in [4.69, 9.17) is 4.74 Å². The van der Waals surface area contributed by atoms with Crippen LogP contribution in [-0.2, 0) is 4.74 Å². The number of carbonyl (C=O) groups excluding carboxylic acids is 1. The van der Waals surface area contributed by atoms with E-state index in [0.717, 1.165) is 32.6 Å². The predicted molar refractivity (Wildman–Crippen MR) is 114 cm³/mol. The third-order valence-electron chi connectivity index (χ3n) is 4.52. The van der Waals surface area contributed by atoms with E-state index in [1.54, 1.807) is 23.6 Å². The van der Waals surface area contributed by atoms with Gasteiger partial charge in [-0.1, -0.05) is 42.5 Å². The molecule has 0 bridgehead atoms. The van der Waals surface area contributed by atoms with Crippen molar-refractivity contribution in [2.75, 3.05) is 6.61 Å². The van der Waals surface area contributed by atoms with E-state index in [9.17, 15) is 9.59 Å². The Hall–Kier alpha value is -3.18. The van der Waals surface area contributed by atoms with Gasteiger partial charge in [0.2, 0.25) is 0 Å². The second-order valence-electron chi connectivity index (χ2n) is 6.46. The minimum atomic E-state index is -0.370. The minimum Gasteiger partial charge on any atom is -0.462 e. The van der Waals surface area contributed by atoms with Crippen molar-refractivity contribution < 1.29 is 9.53 Å². The van der Waals surface area contributed by atoms with Crippen molar-refractivity contribution >= 4 is 27.5 Å². The Bertz CT molecular complexity index is 1220. The first kappa shape index (κ1) is 18.2. The maximum atomic E-state index is 12.8. The van der Waals surface area contributed by atoms with Gasteiger partial charge in [-0.3, -0.25) is 9.36 Å². The number of hydrogen-bond acceptors (Lipinski definition) is 4. The lowest BCUT2D eigenvalue weighted by Gasteiger charge is -2.08. The molecule has 140 valence electrons. The lowest BCUT2D eigenvalue weighted by molar-refractivity contribution is 0.0533. The van der Waals surface area contributed by atoms with Crippen LogP contribution in [0, 0.1) is 6.92 Å². The maximum Gasteiger partial charge on any atom is 0.349 e. The molecule has 2 aromatic heterocycles. The largest absolute Gasteiger partial charge is 0.462 e. The van der Waals surface area contributed by atoms with Crippen molar-refractivity contribution in [1.29, 1.82) is 0 Å². The summed E-state index contributed by atoms with van der Waals surface area (Å²) in [5, 5.41) is 0.861. The number of benzene rings is 2. The van der Waals surface area contributed by atoms with Gasteiger partial charge in [-0.25, -0.2) is 4.79 Å². The zero-order chi connectivity index (χ0) is 19.7. The molecule has 0 saturated carbocycles. The van der Waals surface area contributed by atoms with Gasteiger partial charge in [0.1, 0.15) is 9.71 Å². The first-order valence-corrected chi connectivity index (χ1v) is 9.90. The summed E-state index contributed by atoms with van der Waals surface area (Å²) < 4.78 is 6.97. The number of ether oxygens (including phenoxy) is 1. The molecule has 5 heteroatoms. The molecule has 0 N–H and O–H groups in total. The first-order chi connectivity index (χ1) is 13.6. The number of nitrogens with zero attached hydrogens (tertiary/aromatic N) is 1. The van der Waals surface area contributed by atoms with Gasteiger partial charge in [0.25, 0.3) is 5.56 Å². The first-order valence-electron chi connectivity index (χ1n) is 9.08. The molecule has 0 spiro atoms. The Morgan fingerprint density at radius 1 is 1.04 bits per heavy atom. The zero-order valence-electron chi connectivity index (χ0n) is 15.6. The zero-order valence-corrected chi connectivity index (χ0v) is 16.5. The third kappa shape index (κ3) is 3.14. The van der Waals surface area contributed by atoms with Crippen molar-refractivity contribution in [2.45, 2.75) is 13.8 Å². The van der Waals surface area contributed by atoms with Gasteiger partial charge in [-0.15, -0.1) is 11.3 Å². The van der Waals surface area contributed by atoms with Gasteiger partial charge >= 0.3 is 5.97 Å². The summed E-state index contributed by atoms with van der Waals surface area (Å²) >= 11 is 1.30. The van der Waals surface area contributed by atoms with Crippen LogP contribution in [0.1, 0.15) is 22.2 Å². The van der Waals surface area contributed by atoms with Crippen LogP contribution in [0.3, 0.4) is 0 Å². The summed E-state index contributed by atoms with van der Waals surface area (Å²) in [6, 6.07) is 20.9. The molecule has 4 rings (SSSR count). The highest BCUT2D eigenvalue weighted by Gasteiger charge is 2.23. The van der Waals surface area contributed by atoms with Crippen LogP contribution in [0.15, 0.2) is 71.5 Å². The third-order valence-corrected chi connectivity index (χ3v) is 5.70. The summed E-state index contributed by atoms with van der Waals surface area (Å²) in [4.78, 5) is 26.7. The number of esters is 1. The second kappa shape index (κ2) is 7.44. The molecular formula is C23H19NO3S. The average Bonchev–Trinajstić information content (AvgIpc) is 3.08. The highest BCUT2D eigenvalue weighted by atomic mass is 32.1. The fourth-order valence-electron chi connectivity index (χ4n) is 3.33. The van der Waals surface area contributed by atoms with Crippen molar-refractivity contribution in [1.82, 2.24) is 4.57 Å². The Morgan fingerprint density at radius 2 is 1.82 bits per heavy atom. The topological polar surface area (TPSA) is 48.3 Å². The summed E-state index contributed by atoms with van der Waals surface area (Å²) in [5.41, 5.74) is 3.44. The fourth-order valence-corrected chi connectivity index (χ4v) is 4.56. The van der Waals surface area contributed by atoms with Gasteiger partial charge in [0.15, 0.2) is 0 Å². The summed E-state index contributed by atoms with van der Waals surface area (Å²) in [7, 11) is 0. The van der Waals surface area contributed by atoms with E-state index in [2.05, 4.69) is 0 Å².